The van der Waals surface area contributed by atoms with Crippen molar-refractivity contribution in [2.75, 3.05) is 85.1 Å². The van der Waals surface area contributed by atoms with Gasteiger partial charge in [-0.25, -0.2) is 0 Å². The van der Waals surface area contributed by atoms with Crippen LogP contribution in [0.1, 0.15) is 171 Å². The van der Waals surface area contributed by atoms with Crippen LogP contribution in [0.3, 0.4) is 0 Å². The van der Waals surface area contributed by atoms with E-state index in [4.69, 9.17) is 0 Å². The standard InChI is InChI=1S/C12H26N2SSi.2C11H24N2SSi.C10H22N2SSi.C9H20N2SSi.C7H15NS2Si/c1-6-11(7-10(2)13-8-16)14(9-15)12(3,4)5;1-9(12-7-15)6-10(2)13(8-14)11(3,4)5;1-5-11(6-10(4)12-7-15)13(8-14)9(2)3;1-4-10(12(5-2)8-13)6-9(3)11-7-14;1-4-9(11(3)7-12)5-8(2)10-6-13;1-6(8-4-11)3-7(2)10-5-9/h7,15H,6,8-9H2,1-5,16H3;6,14H,7-8H2,1-5,15H3;6,9,14H,5,7-8H2,1-4,15H3;6,13H,4-5,7-8H2,1-3,14H3;5,12H,4,6-7H2,1-3,13H3;3,9H,4-5H2,1-2,11H3/b11-7-,13-10?;10-6-,12-9?;11-6-,12-10?;10-6-,11-9?;9-5-,10-8?;7-3-,8-6?. The molecule has 0 unspecified atom stereocenters. The van der Waals surface area contributed by atoms with Crippen molar-refractivity contribution in [3.05, 3.63) is 69.8 Å². The molecule has 0 aliphatic rings. The first-order valence-electron chi connectivity index (χ1n) is 30.6. The predicted octanol–water partition coefficient (Wildman–Crippen LogP) is 8.83. The van der Waals surface area contributed by atoms with Crippen molar-refractivity contribution in [3.63, 3.8) is 0 Å². The molecule has 0 aromatic carbocycles. The summed E-state index contributed by atoms with van der Waals surface area (Å²) in [5.41, 5.74) is 13.5. The lowest BCUT2D eigenvalue weighted by atomic mass is 10.0. The molecule has 492 valence electrons. The number of hydrogen-bond donors (Lipinski definition) is 6. The van der Waals surface area contributed by atoms with Crippen LogP contribution in [-0.4, -0.2) is 222 Å². The Labute approximate surface area is 575 Å². The van der Waals surface area contributed by atoms with Crippen LogP contribution in [0.25, 0.3) is 0 Å². The van der Waals surface area contributed by atoms with Gasteiger partial charge in [0.2, 0.25) is 0 Å². The highest BCUT2D eigenvalue weighted by atomic mass is 32.2. The minimum atomic E-state index is 0.115. The van der Waals surface area contributed by atoms with Gasteiger partial charge in [-0.05, 0) is 185 Å². The normalized spacial score (nSPS) is 14.0. The van der Waals surface area contributed by atoms with Gasteiger partial charge in [-0.3, -0.25) is 30.0 Å². The quantitative estimate of drug-likeness (QED) is 0.0187. The maximum absolute atomic E-state index is 4.46. The second kappa shape index (κ2) is 59.8. The Morgan fingerprint density at radius 2 is 0.750 bits per heavy atom. The van der Waals surface area contributed by atoms with Gasteiger partial charge in [-0.15, -0.1) is 11.8 Å². The van der Waals surface area contributed by atoms with E-state index in [2.05, 4.69) is 312 Å². The SMILES string of the molecule is CC(/C=C(/C)N(CS)C(C)(C)C)=NC[SiH3].CC(/C=C(/C)SCS)=NC[SiH3].CC/C(=C/C(C)=NC[SiH3])N(C)CS.CC/C(=C/C(C)=NC[SiH3])N(CC)CS.CC/C(=C/C(C)=NC[SiH3])N(CS)C(C)(C)C.CC/C(=C/C(C)=NC[SiH3])N(CS)C(C)C. The summed E-state index contributed by atoms with van der Waals surface area (Å²) in [6.07, 6.45) is 23.0. The Balaban J connectivity index is -0.000000218. The largest absolute Gasteiger partial charge is 0.369 e. The zero-order chi connectivity index (χ0) is 66.6. The molecule has 0 radical (unpaired) electrons. The second-order valence-electron chi connectivity index (χ2n) is 21.5. The molecule has 0 spiro atoms. The summed E-state index contributed by atoms with van der Waals surface area (Å²) in [4.78, 5) is 39.0. The van der Waals surface area contributed by atoms with Crippen LogP contribution in [0.15, 0.2) is 99.8 Å². The van der Waals surface area contributed by atoms with Gasteiger partial charge in [0.15, 0.2) is 0 Å². The number of allylic oxidation sites excluding steroid dienone is 12. The number of nitrogens with zero attached hydrogens (tertiary/aromatic N) is 11. The van der Waals surface area contributed by atoms with Gasteiger partial charge in [-0.2, -0.15) is 75.8 Å². The average Bonchev–Trinajstić information content (AvgIpc) is 3.57. The molecule has 0 N–H and O–H groups in total. The fourth-order valence-electron chi connectivity index (χ4n) is 7.87. The molecule has 0 amide bonds. The minimum Gasteiger partial charge on any atom is -0.369 e. The van der Waals surface area contributed by atoms with Crippen LogP contribution in [-0.2, 0) is 0 Å². The molecule has 0 rings (SSSR count). The van der Waals surface area contributed by atoms with Crippen molar-refractivity contribution in [2.45, 2.75) is 188 Å². The summed E-state index contributed by atoms with van der Waals surface area (Å²) in [7, 11) is 8.88. The topological polar surface area (TPSA) is 90.4 Å². The monoisotopic (exact) mass is 1400 g/mol. The van der Waals surface area contributed by atoms with E-state index in [1.54, 1.807) is 11.8 Å². The van der Waals surface area contributed by atoms with Crippen LogP contribution in [0.4, 0.5) is 0 Å². The summed E-state index contributed by atoms with van der Waals surface area (Å²) >= 11 is 27.6. The number of thiol groups is 6. The van der Waals surface area contributed by atoms with Gasteiger partial charge in [-0.1, -0.05) is 27.7 Å². The van der Waals surface area contributed by atoms with E-state index in [0.717, 1.165) is 199 Å². The van der Waals surface area contributed by atoms with Gasteiger partial charge < -0.3 is 24.5 Å². The maximum Gasteiger partial charge on any atom is 0.0612 e. The molecule has 0 atom stereocenters. The highest BCUT2D eigenvalue weighted by Gasteiger charge is 2.22. The van der Waals surface area contributed by atoms with E-state index >= 15 is 0 Å². The summed E-state index contributed by atoms with van der Waals surface area (Å²) in [5.74, 6) is 3.79. The lowest BCUT2D eigenvalue weighted by Gasteiger charge is -2.38. The summed E-state index contributed by atoms with van der Waals surface area (Å²) in [5, 5.41) is 0.844. The first-order valence-corrected chi connectivity index (χ1v) is 43.9. The zero-order valence-electron chi connectivity index (χ0n) is 59.1. The van der Waals surface area contributed by atoms with Gasteiger partial charge in [0.25, 0.3) is 0 Å². The third-order valence-electron chi connectivity index (χ3n) is 12.0. The number of thioether (sulfide) groups is 1. The molecular weight excluding hydrogens is 1270 g/mol. The van der Waals surface area contributed by atoms with Crippen molar-refractivity contribution < 1.29 is 0 Å². The van der Waals surface area contributed by atoms with Crippen molar-refractivity contribution in [1.29, 1.82) is 0 Å². The first-order chi connectivity index (χ1) is 39.3. The van der Waals surface area contributed by atoms with E-state index < -0.39 is 0 Å². The number of aliphatic imine (C=N–C) groups is 6. The molecule has 0 bridgehead atoms. The third kappa shape index (κ3) is 52.0. The highest BCUT2D eigenvalue weighted by Crippen LogP contribution is 2.23. The molecule has 0 saturated heterocycles. The minimum absolute atomic E-state index is 0.115. The van der Waals surface area contributed by atoms with E-state index in [-0.39, 0.29) is 11.1 Å². The predicted molar refractivity (Wildman–Crippen MR) is 440 cm³/mol. The molecule has 0 fully saturated rings. The molecular formula is C60H131N11S7Si6. The van der Waals surface area contributed by atoms with Crippen LogP contribution in [0.2, 0.25) is 0 Å². The Morgan fingerprint density at radius 3 is 1.01 bits per heavy atom. The van der Waals surface area contributed by atoms with Crippen molar-refractivity contribution in [2.24, 2.45) is 30.0 Å². The fraction of sp³-hybridized carbons (Fsp3) is 0.700. The molecule has 84 heavy (non-hydrogen) atoms. The molecule has 0 saturated carbocycles. The molecule has 0 heterocycles. The van der Waals surface area contributed by atoms with E-state index in [1.807, 2.05) is 6.92 Å². The third-order valence-corrected chi connectivity index (χ3v) is 16.6. The highest BCUT2D eigenvalue weighted by molar-refractivity contribution is 8.11. The average molecular weight is 1400 g/mol. The van der Waals surface area contributed by atoms with Crippen LogP contribution in [0.5, 0.6) is 0 Å². The fourth-order valence-corrected chi connectivity index (χ4v) is 14.3. The molecule has 0 aliphatic carbocycles. The van der Waals surface area contributed by atoms with Crippen LogP contribution >= 0.6 is 87.5 Å². The summed E-state index contributed by atoms with van der Waals surface area (Å²) < 4.78 is 0. The van der Waals surface area contributed by atoms with Gasteiger partial charge in [0.05, 0.1) is 29.4 Å². The van der Waals surface area contributed by atoms with E-state index in [9.17, 15) is 0 Å². The Hall–Kier alpha value is -0.789. The summed E-state index contributed by atoms with van der Waals surface area (Å²) in [6, 6.07) is 0.498. The van der Waals surface area contributed by atoms with E-state index in [0.29, 0.717) is 6.04 Å². The Bertz CT molecular complexity index is 2080. The first kappa shape index (κ1) is 94.3. The van der Waals surface area contributed by atoms with Crippen molar-refractivity contribution in [1.82, 2.24) is 24.5 Å². The molecule has 0 aliphatic heterocycles. The Morgan fingerprint density at radius 1 is 0.429 bits per heavy atom. The molecule has 0 aromatic heterocycles. The molecule has 24 heteroatoms. The summed E-state index contributed by atoms with van der Waals surface area (Å²) in [6.45, 7) is 46.0. The van der Waals surface area contributed by atoms with E-state index in [1.165, 1.54) is 33.4 Å². The lowest BCUT2D eigenvalue weighted by Crippen LogP contribution is -2.39. The van der Waals surface area contributed by atoms with Crippen molar-refractivity contribution in [3.8, 4) is 0 Å². The maximum atomic E-state index is 4.46. The second-order valence-corrected chi connectivity index (χ2v) is 28.7. The van der Waals surface area contributed by atoms with Gasteiger partial charge in [0, 0.05) is 197 Å². The van der Waals surface area contributed by atoms with Crippen molar-refractivity contribution >= 4 is 183 Å². The lowest BCUT2D eigenvalue weighted by molar-refractivity contribution is 0.213. The van der Waals surface area contributed by atoms with Gasteiger partial charge in [0.1, 0.15) is 0 Å². The number of rotatable bonds is 30. The smallest absolute Gasteiger partial charge is 0.0612 e. The Kier molecular flexibility index (Phi) is 67.2. The van der Waals surface area contributed by atoms with Gasteiger partial charge >= 0.3 is 0 Å². The zero-order valence-corrected chi connectivity index (χ0v) is 77.3. The molecule has 0 aromatic rings. The van der Waals surface area contributed by atoms with Crippen LogP contribution in [0, 0.1) is 0 Å². The number of hydrogen-bond acceptors (Lipinski definition) is 18. The van der Waals surface area contributed by atoms with Crippen LogP contribution < -0.4 is 0 Å². The molecule has 11 nitrogen and oxygen atoms in total.